The van der Waals surface area contributed by atoms with Gasteiger partial charge >= 0.3 is 12.1 Å². The summed E-state index contributed by atoms with van der Waals surface area (Å²) in [5, 5.41) is 0. The SMILES string of the molecule is COC(=O)CCC(N)C1CCC(C)(C)CN1C(=O)OC(C)(C)C. The molecule has 1 saturated heterocycles. The van der Waals surface area contributed by atoms with Gasteiger partial charge in [-0.2, -0.15) is 0 Å². The first-order valence-electron chi connectivity index (χ1n) is 8.27. The third-order valence-electron chi connectivity index (χ3n) is 4.15. The monoisotopic (exact) mass is 328 g/mol. The molecule has 1 amide bonds. The molecule has 23 heavy (non-hydrogen) atoms. The second kappa shape index (κ2) is 7.51. The molecule has 1 heterocycles. The van der Waals surface area contributed by atoms with Crippen molar-refractivity contribution in [3.05, 3.63) is 0 Å². The second-order valence-corrected chi connectivity index (χ2v) is 8.16. The van der Waals surface area contributed by atoms with Crippen molar-refractivity contribution in [1.82, 2.24) is 4.90 Å². The molecule has 0 radical (unpaired) electrons. The van der Waals surface area contributed by atoms with Crippen LogP contribution in [-0.4, -0.2) is 48.3 Å². The van der Waals surface area contributed by atoms with Crippen molar-refractivity contribution in [2.75, 3.05) is 13.7 Å². The Hall–Kier alpha value is -1.30. The van der Waals surface area contributed by atoms with Gasteiger partial charge in [0.05, 0.1) is 13.2 Å². The van der Waals surface area contributed by atoms with Crippen molar-refractivity contribution >= 4 is 12.1 Å². The molecule has 0 aliphatic carbocycles. The van der Waals surface area contributed by atoms with Crippen LogP contribution in [0.25, 0.3) is 0 Å². The number of carbonyl (C=O) groups is 2. The minimum absolute atomic E-state index is 0.0372. The van der Waals surface area contributed by atoms with Gasteiger partial charge in [0.25, 0.3) is 0 Å². The first-order valence-corrected chi connectivity index (χ1v) is 8.27. The van der Waals surface area contributed by atoms with E-state index in [4.69, 9.17) is 10.5 Å². The number of esters is 1. The number of methoxy groups -OCH3 is 1. The highest BCUT2D eigenvalue weighted by atomic mass is 16.6. The summed E-state index contributed by atoms with van der Waals surface area (Å²) in [4.78, 5) is 25.6. The lowest BCUT2D eigenvalue weighted by atomic mass is 9.79. The largest absolute Gasteiger partial charge is 0.469 e. The number of hydrogen-bond donors (Lipinski definition) is 1. The van der Waals surface area contributed by atoms with Crippen molar-refractivity contribution in [3.8, 4) is 0 Å². The number of nitrogens with zero attached hydrogens (tertiary/aromatic N) is 1. The molecule has 2 unspecified atom stereocenters. The number of carbonyl (C=O) groups excluding carboxylic acids is 2. The van der Waals surface area contributed by atoms with Crippen LogP contribution in [0.3, 0.4) is 0 Å². The average Bonchev–Trinajstić information content (AvgIpc) is 2.41. The van der Waals surface area contributed by atoms with Gasteiger partial charge in [0.2, 0.25) is 0 Å². The van der Waals surface area contributed by atoms with Crippen molar-refractivity contribution in [2.24, 2.45) is 11.1 Å². The molecule has 1 fully saturated rings. The molecule has 2 atom stereocenters. The summed E-state index contributed by atoms with van der Waals surface area (Å²) < 4.78 is 10.2. The maximum atomic E-state index is 12.6. The third kappa shape index (κ3) is 6.37. The molecular formula is C17H32N2O4. The maximum absolute atomic E-state index is 12.6. The predicted molar refractivity (Wildman–Crippen MR) is 89.0 cm³/mol. The van der Waals surface area contributed by atoms with Crippen molar-refractivity contribution in [1.29, 1.82) is 0 Å². The molecule has 0 spiro atoms. The van der Waals surface area contributed by atoms with E-state index in [2.05, 4.69) is 18.6 Å². The summed E-state index contributed by atoms with van der Waals surface area (Å²) in [6, 6.07) is -0.375. The molecule has 1 aliphatic rings. The van der Waals surface area contributed by atoms with Crippen LogP contribution in [0.15, 0.2) is 0 Å². The topological polar surface area (TPSA) is 81.9 Å². The van der Waals surface area contributed by atoms with E-state index >= 15 is 0 Å². The number of hydrogen-bond acceptors (Lipinski definition) is 5. The van der Waals surface area contributed by atoms with Gasteiger partial charge in [-0.05, 0) is 45.4 Å². The molecule has 6 heteroatoms. The maximum Gasteiger partial charge on any atom is 0.410 e. The first-order chi connectivity index (χ1) is 10.4. The molecular weight excluding hydrogens is 296 g/mol. The highest BCUT2D eigenvalue weighted by molar-refractivity contribution is 5.70. The number of likely N-dealkylation sites (tertiary alicyclic amines) is 1. The van der Waals surface area contributed by atoms with Crippen molar-refractivity contribution < 1.29 is 19.1 Å². The molecule has 1 aliphatic heterocycles. The first kappa shape index (κ1) is 19.7. The zero-order valence-electron chi connectivity index (χ0n) is 15.3. The fourth-order valence-corrected chi connectivity index (χ4v) is 2.90. The van der Waals surface area contributed by atoms with Crippen LogP contribution in [0, 0.1) is 5.41 Å². The van der Waals surface area contributed by atoms with E-state index in [1.807, 2.05) is 20.8 Å². The highest BCUT2D eigenvalue weighted by Gasteiger charge is 2.40. The van der Waals surface area contributed by atoms with E-state index in [0.29, 0.717) is 13.0 Å². The van der Waals surface area contributed by atoms with Gasteiger partial charge in [0.15, 0.2) is 0 Å². The average molecular weight is 328 g/mol. The van der Waals surface area contributed by atoms with Crippen LogP contribution in [0.2, 0.25) is 0 Å². The summed E-state index contributed by atoms with van der Waals surface area (Å²) >= 11 is 0. The lowest BCUT2D eigenvalue weighted by Gasteiger charge is -2.45. The number of rotatable bonds is 4. The summed E-state index contributed by atoms with van der Waals surface area (Å²) in [6.45, 7) is 10.4. The van der Waals surface area contributed by atoms with E-state index in [1.165, 1.54) is 7.11 Å². The van der Waals surface area contributed by atoms with Crippen LogP contribution < -0.4 is 5.73 Å². The highest BCUT2D eigenvalue weighted by Crippen LogP contribution is 2.34. The van der Waals surface area contributed by atoms with Crippen molar-refractivity contribution in [2.45, 2.75) is 78.0 Å². The lowest BCUT2D eigenvalue weighted by Crippen LogP contribution is -2.57. The van der Waals surface area contributed by atoms with E-state index in [9.17, 15) is 9.59 Å². The van der Waals surface area contributed by atoms with E-state index in [1.54, 1.807) is 4.90 Å². The molecule has 0 saturated carbocycles. The number of ether oxygens (including phenoxy) is 2. The predicted octanol–water partition coefficient (Wildman–Crippen LogP) is 2.69. The van der Waals surface area contributed by atoms with Crippen LogP contribution in [0.1, 0.15) is 60.3 Å². The molecule has 0 bridgehead atoms. The molecule has 1 rings (SSSR count). The molecule has 0 aromatic heterocycles. The Kier molecular flexibility index (Phi) is 6.45. The zero-order chi connectivity index (χ0) is 17.8. The normalized spacial score (nSPS) is 22.4. The minimum atomic E-state index is -0.542. The van der Waals surface area contributed by atoms with Gasteiger partial charge in [-0.25, -0.2) is 4.79 Å². The van der Waals surface area contributed by atoms with E-state index in [-0.39, 0.29) is 36.0 Å². The summed E-state index contributed by atoms with van der Waals surface area (Å²) in [5.41, 5.74) is 5.77. The Labute approximate surface area is 139 Å². The van der Waals surface area contributed by atoms with Crippen LogP contribution in [0.4, 0.5) is 4.79 Å². The summed E-state index contributed by atoms with van der Waals surface area (Å²) in [7, 11) is 1.37. The standard InChI is InChI=1S/C17H32N2O4/c1-16(2,3)23-15(21)19-11-17(4,5)10-9-13(19)12(18)7-8-14(20)22-6/h12-13H,7-11,18H2,1-6H3. The Morgan fingerprint density at radius 1 is 1.35 bits per heavy atom. The van der Waals surface area contributed by atoms with Gasteiger partial charge in [0, 0.05) is 19.0 Å². The van der Waals surface area contributed by atoms with Crippen LogP contribution >= 0.6 is 0 Å². The third-order valence-corrected chi connectivity index (χ3v) is 4.15. The Balaban J connectivity index is 2.81. The fraction of sp³-hybridized carbons (Fsp3) is 0.882. The smallest absolute Gasteiger partial charge is 0.410 e. The number of nitrogens with two attached hydrogens (primary N) is 1. The second-order valence-electron chi connectivity index (χ2n) is 8.16. The zero-order valence-corrected chi connectivity index (χ0v) is 15.3. The van der Waals surface area contributed by atoms with Gasteiger partial charge in [-0.15, -0.1) is 0 Å². The lowest BCUT2D eigenvalue weighted by molar-refractivity contribution is -0.140. The van der Waals surface area contributed by atoms with Crippen LogP contribution in [0.5, 0.6) is 0 Å². The Bertz CT molecular complexity index is 429. The van der Waals surface area contributed by atoms with E-state index in [0.717, 1.165) is 12.8 Å². The minimum Gasteiger partial charge on any atom is -0.469 e. The van der Waals surface area contributed by atoms with Gasteiger partial charge in [-0.1, -0.05) is 13.8 Å². The van der Waals surface area contributed by atoms with E-state index < -0.39 is 5.60 Å². The van der Waals surface area contributed by atoms with Gasteiger partial charge in [-0.3, -0.25) is 4.79 Å². The molecule has 0 aromatic rings. The summed E-state index contributed by atoms with van der Waals surface area (Å²) in [5.74, 6) is -0.277. The van der Waals surface area contributed by atoms with Gasteiger partial charge in [0.1, 0.15) is 5.60 Å². The quantitative estimate of drug-likeness (QED) is 0.802. The number of piperidine rings is 1. The van der Waals surface area contributed by atoms with Gasteiger partial charge < -0.3 is 20.1 Å². The fourth-order valence-electron chi connectivity index (χ4n) is 2.90. The Morgan fingerprint density at radius 3 is 2.48 bits per heavy atom. The molecule has 6 nitrogen and oxygen atoms in total. The summed E-state index contributed by atoms with van der Waals surface area (Å²) in [6.07, 6.45) is 2.23. The van der Waals surface area contributed by atoms with Crippen molar-refractivity contribution in [3.63, 3.8) is 0 Å². The Morgan fingerprint density at radius 2 is 1.96 bits per heavy atom. The molecule has 0 aromatic carbocycles. The number of amides is 1. The molecule has 2 N–H and O–H groups in total. The molecule has 134 valence electrons. The van der Waals surface area contributed by atoms with Crippen LogP contribution in [-0.2, 0) is 14.3 Å².